The Bertz CT molecular complexity index is 354. The first kappa shape index (κ1) is 19.9. The molecule has 0 aliphatic heterocycles. The van der Waals surface area contributed by atoms with Crippen LogP contribution < -0.4 is 0 Å². The number of aliphatic imine (C=N–C) groups is 1. The molecule has 0 saturated heterocycles. The maximum atomic E-state index is 12.9. The molecule has 0 fully saturated rings. The molecule has 21 heavy (non-hydrogen) atoms. The molecule has 0 aliphatic rings. The average molecular weight is 303 g/mol. The van der Waals surface area contributed by atoms with Crippen LogP contribution in [0.3, 0.4) is 0 Å². The van der Waals surface area contributed by atoms with Gasteiger partial charge in [-0.3, -0.25) is 4.99 Å². The van der Waals surface area contributed by atoms with Crippen molar-refractivity contribution >= 4 is 5.71 Å². The molecular weight excluding hydrogens is 275 g/mol. The lowest BCUT2D eigenvalue weighted by atomic mass is 9.91. The lowest BCUT2D eigenvalue weighted by Gasteiger charge is -2.15. The second kappa shape index (κ2) is 10.6. The molecule has 1 nitrogen and oxygen atoms in total. The van der Waals surface area contributed by atoms with Crippen LogP contribution in [0.5, 0.6) is 0 Å². The summed E-state index contributed by atoms with van der Waals surface area (Å²) in [6, 6.07) is 0. The maximum Gasteiger partial charge on any atom is 0.429 e. The number of hydrogen-bond donors (Lipinski definition) is 0. The number of unbranched alkanes of at least 4 members (excludes halogenated alkanes) is 2. The number of halogens is 3. The summed E-state index contributed by atoms with van der Waals surface area (Å²) in [5.74, 6) is 0.242. The topological polar surface area (TPSA) is 12.4 Å². The minimum absolute atomic E-state index is 0.0212. The molecule has 0 saturated carbocycles. The maximum absolute atomic E-state index is 12.9. The van der Waals surface area contributed by atoms with Crippen molar-refractivity contribution in [2.75, 3.05) is 0 Å². The summed E-state index contributed by atoms with van der Waals surface area (Å²) in [7, 11) is 0. The number of alkyl halides is 3. The van der Waals surface area contributed by atoms with E-state index >= 15 is 0 Å². The molecule has 0 spiro atoms. The van der Waals surface area contributed by atoms with E-state index in [1.807, 2.05) is 13.8 Å². The SMILES string of the molecule is C=C/C(=C\N=C(/CCCC)C(F)(F)F)[C@@H](CC)CCCC. The van der Waals surface area contributed by atoms with Crippen molar-refractivity contribution < 1.29 is 13.2 Å². The number of nitrogens with zero attached hydrogens (tertiary/aromatic N) is 1. The van der Waals surface area contributed by atoms with E-state index in [2.05, 4.69) is 18.5 Å². The van der Waals surface area contributed by atoms with Crippen LogP contribution in [0.1, 0.15) is 65.7 Å². The van der Waals surface area contributed by atoms with Gasteiger partial charge < -0.3 is 0 Å². The minimum atomic E-state index is -4.34. The molecule has 4 heteroatoms. The van der Waals surface area contributed by atoms with Gasteiger partial charge in [0.25, 0.3) is 0 Å². The van der Waals surface area contributed by atoms with Gasteiger partial charge in [0.05, 0.1) is 0 Å². The Labute approximate surface area is 127 Å². The summed E-state index contributed by atoms with van der Waals surface area (Å²) in [5.41, 5.74) is 0.123. The highest BCUT2D eigenvalue weighted by molar-refractivity contribution is 5.90. The van der Waals surface area contributed by atoms with Gasteiger partial charge in [0.1, 0.15) is 5.71 Å². The summed E-state index contributed by atoms with van der Waals surface area (Å²) in [4.78, 5) is 3.74. The van der Waals surface area contributed by atoms with E-state index in [4.69, 9.17) is 0 Å². The van der Waals surface area contributed by atoms with Crippen LogP contribution in [-0.2, 0) is 0 Å². The van der Waals surface area contributed by atoms with Crippen LogP contribution in [-0.4, -0.2) is 11.9 Å². The smallest absolute Gasteiger partial charge is 0.256 e. The highest BCUT2D eigenvalue weighted by Gasteiger charge is 2.34. The summed E-state index contributed by atoms with van der Waals surface area (Å²) in [6.45, 7) is 9.74. The zero-order chi connectivity index (χ0) is 16.3. The molecule has 0 rings (SSSR count). The van der Waals surface area contributed by atoms with E-state index < -0.39 is 11.9 Å². The first-order valence-corrected chi connectivity index (χ1v) is 7.86. The van der Waals surface area contributed by atoms with E-state index in [-0.39, 0.29) is 12.3 Å². The fourth-order valence-corrected chi connectivity index (χ4v) is 2.16. The van der Waals surface area contributed by atoms with Crippen molar-refractivity contribution in [3.8, 4) is 0 Å². The van der Waals surface area contributed by atoms with Gasteiger partial charge in [-0.05, 0) is 37.2 Å². The van der Waals surface area contributed by atoms with Crippen LogP contribution in [0, 0.1) is 5.92 Å². The van der Waals surface area contributed by atoms with Crippen molar-refractivity contribution in [1.82, 2.24) is 0 Å². The first-order chi connectivity index (χ1) is 9.90. The molecule has 0 aromatic heterocycles. The summed E-state index contributed by atoms with van der Waals surface area (Å²) >= 11 is 0. The molecule has 0 amide bonds. The Morgan fingerprint density at radius 3 is 2.19 bits per heavy atom. The van der Waals surface area contributed by atoms with E-state index in [1.165, 1.54) is 6.20 Å². The predicted octanol–water partition coefficient (Wildman–Crippen LogP) is 6.47. The molecule has 0 unspecified atom stereocenters. The van der Waals surface area contributed by atoms with Crippen molar-refractivity contribution in [2.45, 2.75) is 71.9 Å². The lowest BCUT2D eigenvalue weighted by molar-refractivity contribution is -0.0605. The fraction of sp³-hybridized carbons (Fsp3) is 0.706. The van der Waals surface area contributed by atoms with Gasteiger partial charge in [-0.2, -0.15) is 13.2 Å². The molecule has 0 aromatic carbocycles. The molecule has 122 valence electrons. The van der Waals surface area contributed by atoms with Gasteiger partial charge in [0, 0.05) is 6.20 Å². The molecule has 0 N–H and O–H groups in total. The van der Waals surface area contributed by atoms with Crippen LogP contribution in [0.2, 0.25) is 0 Å². The standard InChI is InChI=1S/C17H28F3N/c1-5-9-11-14(7-3)15(8-4)13-21-16(12-10-6-2)17(18,19)20/h8,13-14H,4-7,9-12H2,1-3H3/b15-13+,21-16+/t14-/m0/s1. The van der Waals surface area contributed by atoms with Gasteiger partial charge in [0.2, 0.25) is 0 Å². The van der Waals surface area contributed by atoms with Gasteiger partial charge in [0.15, 0.2) is 0 Å². The van der Waals surface area contributed by atoms with Crippen LogP contribution in [0.4, 0.5) is 13.2 Å². The monoisotopic (exact) mass is 303 g/mol. The Morgan fingerprint density at radius 1 is 1.14 bits per heavy atom. The fourth-order valence-electron chi connectivity index (χ4n) is 2.16. The number of allylic oxidation sites excluding steroid dienone is 2. The largest absolute Gasteiger partial charge is 0.429 e. The molecule has 0 aromatic rings. The summed E-state index contributed by atoms with van der Waals surface area (Å²) < 4.78 is 38.7. The normalized spacial score (nSPS) is 15.1. The van der Waals surface area contributed by atoms with E-state index in [0.717, 1.165) is 37.7 Å². The Kier molecular flexibility index (Phi) is 10.1. The third-order valence-electron chi connectivity index (χ3n) is 3.57. The molecule has 0 aliphatic carbocycles. The van der Waals surface area contributed by atoms with Crippen LogP contribution in [0.25, 0.3) is 0 Å². The molecule has 0 heterocycles. The highest BCUT2D eigenvalue weighted by atomic mass is 19.4. The summed E-state index contributed by atoms with van der Waals surface area (Å²) in [5, 5.41) is 0. The Morgan fingerprint density at radius 2 is 1.76 bits per heavy atom. The Balaban J connectivity index is 5.15. The predicted molar refractivity (Wildman–Crippen MR) is 84.6 cm³/mol. The first-order valence-electron chi connectivity index (χ1n) is 7.86. The molecular formula is C17H28F3N. The quantitative estimate of drug-likeness (QED) is 0.324. The molecule has 0 radical (unpaired) electrons. The zero-order valence-corrected chi connectivity index (χ0v) is 13.5. The van der Waals surface area contributed by atoms with Crippen molar-refractivity contribution in [1.29, 1.82) is 0 Å². The van der Waals surface area contributed by atoms with Gasteiger partial charge in [-0.15, -0.1) is 0 Å². The lowest BCUT2D eigenvalue weighted by Crippen LogP contribution is -2.22. The van der Waals surface area contributed by atoms with Crippen LogP contribution >= 0.6 is 0 Å². The highest BCUT2D eigenvalue weighted by Crippen LogP contribution is 2.25. The average Bonchev–Trinajstić information content (AvgIpc) is 2.43. The third kappa shape index (κ3) is 8.08. The number of hydrogen-bond acceptors (Lipinski definition) is 1. The second-order valence-corrected chi connectivity index (χ2v) is 5.26. The van der Waals surface area contributed by atoms with Crippen LogP contribution in [0.15, 0.2) is 29.4 Å². The van der Waals surface area contributed by atoms with E-state index in [9.17, 15) is 13.2 Å². The zero-order valence-electron chi connectivity index (χ0n) is 13.5. The van der Waals surface area contributed by atoms with Gasteiger partial charge in [-0.1, -0.05) is 52.7 Å². The van der Waals surface area contributed by atoms with E-state index in [0.29, 0.717) is 6.42 Å². The van der Waals surface area contributed by atoms with Crippen molar-refractivity contribution in [2.24, 2.45) is 10.9 Å². The van der Waals surface area contributed by atoms with Gasteiger partial charge in [-0.25, -0.2) is 0 Å². The van der Waals surface area contributed by atoms with Crippen molar-refractivity contribution in [3.63, 3.8) is 0 Å². The molecule has 1 atom stereocenters. The Hall–Kier alpha value is -1.06. The van der Waals surface area contributed by atoms with Gasteiger partial charge >= 0.3 is 6.18 Å². The van der Waals surface area contributed by atoms with Crippen molar-refractivity contribution in [3.05, 3.63) is 24.4 Å². The molecule has 0 bridgehead atoms. The third-order valence-corrected chi connectivity index (χ3v) is 3.57. The summed E-state index contributed by atoms with van der Waals surface area (Å²) in [6.07, 6.45) is 3.88. The minimum Gasteiger partial charge on any atom is -0.256 e. The van der Waals surface area contributed by atoms with E-state index in [1.54, 1.807) is 6.08 Å². The number of rotatable bonds is 10. The second-order valence-electron chi connectivity index (χ2n) is 5.26.